The van der Waals surface area contributed by atoms with Crippen molar-refractivity contribution in [1.82, 2.24) is 14.3 Å². The van der Waals surface area contributed by atoms with Crippen molar-refractivity contribution in [1.29, 1.82) is 0 Å². The van der Waals surface area contributed by atoms with Crippen molar-refractivity contribution >= 4 is 48.7 Å². The standard InChI is InChI=1S/C14H14N4O2S3/c19-23(20,12-2-1-8-21-12)18-6-4-17(5-7-18)13-11-3-9-22-14(11)16-10-15-13/h1-3,8-10H,4-7H2. The number of anilines is 1. The van der Waals surface area contributed by atoms with E-state index in [1.807, 2.05) is 11.4 Å². The Hall–Kier alpha value is -1.55. The van der Waals surface area contributed by atoms with Gasteiger partial charge in [0.05, 0.1) is 5.39 Å². The minimum absolute atomic E-state index is 0.410. The molecular formula is C14H14N4O2S3. The summed E-state index contributed by atoms with van der Waals surface area (Å²) in [7, 11) is -3.36. The average Bonchev–Trinajstić information content (AvgIpc) is 3.26. The number of aromatic nitrogens is 2. The van der Waals surface area contributed by atoms with E-state index < -0.39 is 10.0 Å². The number of nitrogens with zero attached hydrogens (tertiary/aromatic N) is 4. The molecule has 1 aliphatic heterocycles. The van der Waals surface area contributed by atoms with Gasteiger partial charge in [-0.05, 0) is 22.9 Å². The number of piperazine rings is 1. The number of hydrogen-bond donors (Lipinski definition) is 0. The van der Waals surface area contributed by atoms with E-state index in [9.17, 15) is 8.42 Å². The lowest BCUT2D eigenvalue weighted by Gasteiger charge is -2.34. The van der Waals surface area contributed by atoms with Crippen molar-refractivity contribution in [3.63, 3.8) is 0 Å². The van der Waals surface area contributed by atoms with Gasteiger partial charge in [-0.2, -0.15) is 4.31 Å². The molecule has 0 aromatic carbocycles. The fourth-order valence-corrected chi connectivity index (χ4v) is 6.00. The molecule has 0 spiro atoms. The van der Waals surface area contributed by atoms with Crippen LogP contribution in [0.1, 0.15) is 0 Å². The maximum absolute atomic E-state index is 12.6. The van der Waals surface area contributed by atoms with Crippen LogP contribution in [-0.4, -0.2) is 48.9 Å². The van der Waals surface area contributed by atoms with Gasteiger partial charge in [-0.25, -0.2) is 18.4 Å². The van der Waals surface area contributed by atoms with Crippen molar-refractivity contribution in [2.45, 2.75) is 4.21 Å². The molecule has 4 heterocycles. The van der Waals surface area contributed by atoms with E-state index >= 15 is 0 Å². The van der Waals surface area contributed by atoms with Crippen LogP contribution in [0.15, 0.2) is 39.5 Å². The van der Waals surface area contributed by atoms with Gasteiger partial charge in [0.1, 0.15) is 21.2 Å². The first-order chi connectivity index (χ1) is 11.2. The van der Waals surface area contributed by atoms with Crippen LogP contribution in [0.3, 0.4) is 0 Å². The Morgan fingerprint density at radius 3 is 2.57 bits per heavy atom. The van der Waals surface area contributed by atoms with Crippen LogP contribution in [0.2, 0.25) is 0 Å². The number of thiophene rings is 2. The molecule has 1 fully saturated rings. The number of rotatable bonds is 3. The molecule has 4 rings (SSSR count). The van der Waals surface area contributed by atoms with Gasteiger partial charge in [-0.1, -0.05) is 6.07 Å². The first-order valence-corrected chi connectivity index (χ1v) is 10.3. The maximum Gasteiger partial charge on any atom is 0.252 e. The molecule has 6 nitrogen and oxygen atoms in total. The van der Waals surface area contributed by atoms with E-state index in [1.54, 1.807) is 39.5 Å². The minimum Gasteiger partial charge on any atom is -0.353 e. The van der Waals surface area contributed by atoms with E-state index in [0.717, 1.165) is 16.0 Å². The Morgan fingerprint density at radius 1 is 1.00 bits per heavy atom. The van der Waals surface area contributed by atoms with Gasteiger partial charge in [-0.15, -0.1) is 22.7 Å². The van der Waals surface area contributed by atoms with Crippen molar-refractivity contribution in [3.05, 3.63) is 35.3 Å². The number of hydrogen-bond acceptors (Lipinski definition) is 7. The Bertz CT molecular complexity index is 913. The SMILES string of the molecule is O=S(=O)(c1cccs1)N1CCN(c2ncnc3sccc23)CC1. The Labute approximate surface area is 142 Å². The van der Waals surface area contributed by atoms with Gasteiger partial charge in [0.15, 0.2) is 0 Å². The predicted molar refractivity (Wildman–Crippen MR) is 92.7 cm³/mol. The fourth-order valence-electron chi connectivity index (χ4n) is 2.71. The van der Waals surface area contributed by atoms with Crippen LogP contribution in [0.25, 0.3) is 10.2 Å². The zero-order valence-corrected chi connectivity index (χ0v) is 14.6. The third-order valence-corrected chi connectivity index (χ3v) is 7.96. The summed E-state index contributed by atoms with van der Waals surface area (Å²) in [5.74, 6) is 0.893. The molecule has 1 saturated heterocycles. The summed E-state index contributed by atoms with van der Waals surface area (Å²) in [4.78, 5) is 11.8. The van der Waals surface area contributed by atoms with Crippen LogP contribution in [0, 0.1) is 0 Å². The summed E-state index contributed by atoms with van der Waals surface area (Å²) in [5.41, 5.74) is 0. The van der Waals surface area contributed by atoms with Gasteiger partial charge in [0.25, 0.3) is 10.0 Å². The van der Waals surface area contributed by atoms with E-state index in [4.69, 9.17) is 0 Å². The summed E-state index contributed by atoms with van der Waals surface area (Å²) in [5, 5.41) is 4.82. The van der Waals surface area contributed by atoms with E-state index in [2.05, 4.69) is 14.9 Å². The molecule has 0 N–H and O–H groups in total. The number of sulfonamides is 1. The quantitative estimate of drug-likeness (QED) is 0.711. The molecule has 0 bridgehead atoms. The lowest BCUT2D eigenvalue weighted by molar-refractivity contribution is 0.385. The fraction of sp³-hybridized carbons (Fsp3) is 0.286. The zero-order chi connectivity index (χ0) is 15.9. The molecule has 0 saturated carbocycles. The molecule has 0 atom stereocenters. The third kappa shape index (κ3) is 2.63. The van der Waals surface area contributed by atoms with Crippen LogP contribution in [0.5, 0.6) is 0 Å². The van der Waals surface area contributed by atoms with Gasteiger partial charge < -0.3 is 4.90 Å². The lowest BCUT2D eigenvalue weighted by Crippen LogP contribution is -2.48. The van der Waals surface area contributed by atoms with Gasteiger partial charge in [0.2, 0.25) is 0 Å². The maximum atomic E-state index is 12.6. The molecule has 0 radical (unpaired) electrons. The second-order valence-electron chi connectivity index (χ2n) is 5.16. The molecule has 23 heavy (non-hydrogen) atoms. The van der Waals surface area contributed by atoms with Crippen molar-refractivity contribution < 1.29 is 8.42 Å². The molecule has 120 valence electrons. The van der Waals surface area contributed by atoms with E-state index in [0.29, 0.717) is 30.4 Å². The van der Waals surface area contributed by atoms with Crippen LogP contribution < -0.4 is 4.90 Å². The molecule has 0 aliphatic carbocycles. The monoisotopic (exact) mass is 366 g/mol. The average molecular weight is 366 g/mol. The Kier molecular flexibility index (Phi) is 3.80. The highest BCUT2D eigenvalue weighted by Gasteiger charge is 2.30. The molecular weight excluding hydrogens is 352 g/mol. The van der Waals surface area contributed by atoms with Crippen molar-refractivity contribution in [3.8, 4) is 0 Å². The van der Waals surface area contributed by atoms with Crippen LogP contribution >= 0.6 is 22.7 Å². The summed E-state index contributed by atoms with van der Waals surface area (Å²) in [6, 6.07) is 5.44. The van der Waals surface area contributed by atoms with Crippen molar-refractivity contribution in [2.75, 3.05) is 31.1 Å². The molecule has 3 aromatic heterocycles. The summed E-state index contributed by atoms with van der Waals surface area (Å²) in [6.45, 7) is 2.20. The highest BCUT2D eigenvalue weighted by atomic mass is 32.2. The molecule has 0 unspecified atom stereocenters. The van der Waals surface area contributed by atoms with Gasteiger partial charge in [-0.3, -0.25) is 0 Å². The molecule has 0 amide bonds. The van der Waals surface area contributed by atoms with Gasteiger partial charge >= 0.3 is 0 Å². The van der Waals surface area contributed by atoms with E-state index in [-0.39, 0.29) is 0 Å². The second kappa shape index (κ2) is 5.82. The van der Waals surface area contributed by atoms with Crippen LogP contribution in [-0.2, 0) is 10.0 Å². The normalized spacial score (nSPS) is 17.0. The summed E-state index contributed by atoms with van der Waals surface area (Å²) >= 11 is 2.85. The molecule has 9 heteroatoms. The highest BCUT2D eigenvalue weighted by molar-refractivity contribution is 7.91. The highest BCUT2D eigenvalue weighted by Crippen LogP contribution is 2.28. The first-order valence-electron chi connectivity index (χ1n) is 7.13. The third-order valence-electron chi connectivity index (χ3n) is 3.87. The first kappa shape index (κ1) is 15.0. The Balaban J connectivity index is 1.55. The molecule has 3 aromatic rings. The van der Waals surface area contributed by atoms with Crippen molar-refractivity contribution in [2.24, 2.45) is 0 Å². The smallest absolute Gasteiger partial charge is 0.252 e. The van der Waals surface area contributed by atoms with E-state index in [1.165, 1.54) is 11.3 Å². The summed E-state index contributed by atoms with van der Waals surface area (Å²) in [6.07, 6.45) is 1.57. The predicted octanol–water partition coefficient (Wildman–Crippen LogP) is 2.26. The topological polar surface area (TPSA) is 66.4 Å². The summed E-state index contributed by atoms with van der Waals surface area (Å²) < 4.78 is 27.1. The lowest BCUT2D eigenvalue weighted by atomic mass is 10.3. The second-order valence-corrected chi connectivity index (χ2v) is 9.17. The zero-order valence-electron chi connectivity index (χ0n) is 12.1. The van der Waals surface area contributed by atoms with Crippen LogP contribution in [0.4, 0.5) is 5.82 Å². The Morgan fingerprint density at radius 2 is 1.83 bits per heavy atom. The number of fused-ring (bicyclic) bond motifs is 1. The largest absolute Gasteiger partial charge is 0.353 e. The molecule has 1 aliphatic rings. The van der Waals surface area contributed by atoms with Gasteiger partial charge in [0, 0.05) is 26.2 Å². The minimum atomic E-state index is -3.36.